The fourth-order valence-corrected chi connectivity index (χ4v) is 4.51. The number of imidazole rings is 1. The van der Waals surface area contributed by atoms with E-state index >= 15 is 0 Å². The van der Waals surface area contributed by atoms with Crippen LogP contribution in [0.15, 0.2) is 91.4 Å². The molecule has 0 radical (unpaired) electrons. The van der Waals surface area contributed by atoms with Crippen LogP contribution in [0.5, 0.6) is 0 Å². The van der Waals surface area contributed by atoms with Crippen LogP contribution in [-0.2, 0) is 24.2 Å². The Morgan fingerprint density at radius 3 is 2.32 bits per heavy atom. The Kier molecular flexibility index (Phi) is 8.07. The van der Waals surface area contributed by atoms with Gasteiger partial charge in [-0.1, -0.05) is 66.7 Å². The maximum absolute atomic E-state index is 13.1. The molecule has 1 unspecified atom stereocenters. The lowest BCUT2D eigenvalue weighted by Gasteiger charge is -2.35. The molecule has 0 saturated carbocycles. The lowest BCUT2D eigenvalue weighted by atomic mass is 10.1. The van der Waals surface area contributed by atoms with Crippen molar-refractivity contribution >= 4 is 11.9 Å². The predicted molar refractivity (Wildman–Crippen MR) is 143 cm³/mol. The zero-order chi connectivity index (χ0) is 25.3. The standard InChI is InChI=1S/C29H32N6O2/c36-29(37-26(28-31-14-15-32-28)20-23-8-3-1-4-9-23)35-18-16-34(17-19-35)22-25-12-7-13-30-27(25)33-21-24-10-5-2-6-11-24/h1-15,26H,16-22H2,(H,30,33)(H,31,32). The van der Waals surface area contributed by atoms with E-state index < -0.39 is 6.10 Å². The largest absolute Gasteiger partial charge is 0.438 e. The first-order chi connectivity index (χ1) is 18.2. The van der Waals surface area contributed by atoms with Crippen molar-refractivity contribution in [3.63, 3.8) is 0 Å². The van der Waals surface area contributed by atoms with Crippen LogP contribution in [0.25, 0.3) is 0 Å². The molecule has 4 aromatic rings. The number of aromatic amines is 1. The number of hydrogen-bond acceptors (Lipinski definition) is 6. The highest BCUT2D eigenvalue weighted by molar-refractivity contribution is 5.68. The SMILES string of the molecule is O=C(OC(Cc1ccccc1)c1ncc[nH]1)N1CCN(Cc2cccnc2NCc2ccccc2)CC1. The molecule has 1 amide bonds. The number of pyridine rings is 1. The van der Waals surface area contributed by atoms with E-state index in [1.807, 2.05) is 60.8 Å². The van der Waals surface area contributed by atoms with Crippen LogP contribution >= 0.6 is 0 Å². The molecular formula is C29H32N6O2. The third kappa shape index (κ3) is 6.74. The molecule has 1 aliphatic heterocycles. The van der Waals surface area contributed by atoms with Crippen LogP contribution < -0.4 is 5.32 Å². The summed E-state index contributed by atoms with van der Waals surface area (Å²) in [6.07, 6.45) is 5.05. The van der Waals surface area contributed by atoms with E-state index in [1.54, 1.807) is 17.3 Å². The predicted octanol–water partition coefficient (Wildman–Crippen LogP) is 4.66. The van der Waals surface area contributed by atoms with E-state index in [0.29, 0.717) is 25.3 Å². The third-order valence-electron chi connectivity index (χ3n) is 6.55. The highest BCUT2D eigenvalue weighted by Crippen LogP contribution is 2.22. The average molecular weight is 497 g/mol. The van der Waals surface area contributed by atoms with Crippen molar-refractivity contribution in [1.29, 1.82) is 0 Å². The van der Waals surface area contributed by atoms with Gasteiger partial charge in [0.05, 0.1) is 0 Å². The average Bonchev–Trinajstić information content (AvgIpc) is 3.49. The summed E-state index contributed by atoms with van der Waals surface area (Å²) in [4.78, 5) is 29.2. The van der Waals surface area contributed by atoms with Crippen LogP contribution in [0.1, 0.15) is 28.6 Å². The van der Waals surface area contributed by atoms with Crippen molar-refractivity contribution in [3.05, 3.63) is 114 Å². The number of amides is 1. The highest BCUT2D eigenvalue weighted by Gasteiger charge is 2.27. The fraction of sp³-hybridized carbons (Fsp3) is 0.276. The van der Waals surface area contributed by atoms with Gasteiger partial charge in [0, 0.05) is 69.8 Å². The number of hydrogen-bond donors (Lipinski definition) is 2. The topological polar surface area (TPSA) is 86.4 Å². The summed E-state index contributed by atoms with van der Waals surface area (Å²) in [5, 5.41) is 3.47. The van der Waals surface area contributed by atoms with E-state index in [4.69, 9.17) is 4.74 Å². The van der Waals surface area contributed by atoms with Crippen molar-refractivity contribution < 1.29 is 9.53 Å². The molecule has 8 nitrogen and oxygen atoms in total. The first-order valence-corrected chi connectivity index (χ1v) is 12.7. The number of carbonyl (C=O) groups is 1. The second-order valence-corrected chi connectivity index (χ2v) is 9.15. The number of H-pyrrole nitrogens is 1. The van der Waals surface area contributed by atoms with Gasteiger partial charge in [-0.05, 0) is 17.2 Å². The summed E-state index contributed by atoms with van der Waals surface area (Å²) in [6, 6.07) is 24.4. The quantitative estimate of drug-likeness (QED) is 0.351. The smallest absolute Gasteiger partial charge is 0.410 e. The first kappa shape index (κ1) is 24.5. The second-order valence-electron chi connectivity index (χ2n) is 9.15. The first-order valence-electron chi connectivity index (χ1n) is 12.7. The molecule has 3 heterocycles. The Labute approximate surface area is 217 Å². The van der Waals surface area contributed by atoms with Crippen molar-refractivity contribution in [2.75, 3.05) is 31.5 Å². The summed E-state index contributed by atoms with van der Waals surface area (Å²) < 4.78 is 5.94. The van der Waals surface area contributed by atoms with Crippen LogP contribution in [-0.4, -0.2) is 57.0 Å². The van der Waals surface area contributed by atoms with Gasteiger partial charge < -0.3 is 19.9 Å². The van der Waals surface area contributed by atoms with E-state index in [0.717, 1.165) is 43.1 Å². The van der Waals surface area contributed by atoms with Gasteiger partial charge in [0.15, 0.2) is 6.10 Å². The van der Waals surface area contributed by atoms with Crippen molar-refractivity contribution in [2.45, 2.75) is 25.6 Å². The number of ether oxygens (including phenoxy) is 1. The maximum atomic E-state index is 13.1. The van der Waals surface area contributed by atoms with Crippen LogP contribution in [0.3, 0.4) is 0 Å². The zero-order valence-electron chi connectivity index (χ0n) is 20.8. The fourth-order valence-electron chi connectivity index (χ4n) is 4.51. The number of rotatable bonds is 9. The van der Waals surface area contributed by atoms with Crippen molar-refractivity contribution in [1.82, 2.24) is 24.8 Å². The molecule has 1 aliphatic rings. The van der Waals surface area contributed by atoms with Gasteiger partial charge >= 0.3 is 6.09 Å². The zero-order valence-corrected chi connectivity index (χ0v) is 20.8. The van der Waals surface area contributed by atoms with Gasteiger partial charge in [-0.2, -0.15) is 0 Å². The summed E-state index contributed by atoms with van der Waals surface area (Å²) >= 11 is 0. The number of benzene rings is 2. The molecule has 5 rings (SSSR count). The lowest BCUT2D eigenvalue weighted by Crippen LogP contribution is -2.48. The van der Waals surface area contributed by atoms with Gasteiger partial charge in [-0.15, -0.1) is 0 Å². The Hall–Kier alpha value is -4.17. The number of aromatic nitrogens is 3. The molecular weight excluding hydrogens is 464 g/mol. The monoisotopic (exact) mass is 496 g/mol. The van der Waals surface area contributed by atoms with Gasteiger partial charge in [0.2, 0.25) is 0 Å². The molecule has 2 aromatic carbocycles. The Balaban J connectivity index is 1.15. The minimum absolute atomic E-state index is 0.302. The van der Waals surface area contributed by atoms with Crippen LogP contribution in [0.2, 0.25) is 0 Å². The summed E-state index contributed by atoms with van der Waals surface area (Å²) in [5.74, 6) is 1.55. The number of piperazine rings is 1. The minimum Gasteiger partial charge on any atom is -0.438 e. The van der Waals surface area contributed by atoms with Gasteiger partial charge in [-0.3, -0.25) is 4.90 Å². The van der Waals surface area contributed by atoms with Crippen molar-refractivity contribution in [2.24, 2.45) is 0 Å². The number of carbonyl (C=O) groups excluding carboxylic acids is 1. The molecule has 190 valence electrons. The number of anilines is 1. The molecule has 37 heavy (non-hydrogen) atoms. The Bertz CT molecular complexity index is 1240. The highest BCUT2D eigenvalue weighted by atomic mass is 16.6. The Morgan fingerprint density at radius 2 is 1.62 bits per heavy atom. The summed E-state index contributed by atoms with van der Waals surface area (Å²) in [6.45, 7) is 4.27. The number of nitrogens with one attached hydrogen (secondary N) is 2. The molecule has 1 saturated heterocycles. The molecule has 2 aromatic heterocycles. The van der Waals surface area contributed by atoms with E-state index in [-0.39, 0.29) is 6.09 Å². The molecule has 8 heteroatoms. The molecule has 1 fully saturated rings. The van der Waals surface area contributed by atoms with Crippen LogP contribution in [0.4, 0.5) is 10.6 Å². The van der Waals surface area contributed by atoms with Gasteiger partial charge in [-0.25, -0.2) is 14.8 Å². The van der Waals surface area contributed by atoms with Gasteiger partial charge in [0.1, 0.15) is 11.6 Å². The van der Waals surface area contributed by atoms with E-state index in [1.165, 1.54) is 5.56 Å². The molecule has 0 spiro atoms. The van der Waals surface area contributed by atoms with Gasteiger partial charge in [0.25, 0.3) is 0 Å². The Morgan fingerprint density at radius 1 is 0.892 bits per heavy atom. The number of nitrogens with zero attached hydrogens (tertiary/aromatic N) is 4. The lowest BCUT2D eigenvalue weighted by molar-refractivity contribution is 0.0419. The second kappa shape index (κ2) is 12.2. The summed E-state index contributed by atoms with van der Waals surface area (Å²) in [5.41, 5.74) is 3.45. The summed E-state index contributed by atoms with van der Waals surface area (Å²) in [7, 11) is 0. The van der Waals surface area contributed by atoms with E-state index in [9.17, 15) is 4.79 Å². The third-order valence-corrected chi connectivity index (χ3v) is 6.55. The normalized spacial score (nSPS) is 14.8. The van der Waals surface area contributed by atoms with E-state index in [2.05, 4.69) is 43.4 Å². The minimum atomic E-state index is -0.462. The van der Waals surface area contributed by atoms with Crippen molar-refractivity contribution in [3.8, 4) is 0 Å². The molecule has 2 N–H and O–H groups in total. The molecule has 0 aliphatic carbocycles. The molecule has 0 bridgehead atoms. The van der Waals surface area contributed by atoms with Crippen LogP contribution in [0, 0.1) is 0 Å². The molecule has 1 atom stereocenters. The maximum Gasteiger partial charge on any atom is 0.410 e.